The van der Waals surface area contributed by atoms with E-state index in [1.54, 1.807) is 48.0 Å². The summed E-state index contributed by atoms with van der Waals surface area (Å²) in [6.07, 6.45) is 5.28. The first kappa shape index (κ1) is 25.9. The third kappa shape index (κ3) is 5.61. The number of ether oxygens (including phenoxy) is 1. The molecular formula is C27H35FN4O4. The number of benzene rings is 1. The van der Waals surface area contributed by atoms with Gasteiger partial charge in [0.1, 0.15) is 17.5 Å². The molecule has 2 aliphatic rings. The first-order valence-electron chi connectivity index (χ1n) is 12.6. The number of amides is 3. The topological polar surface area (TPSA) is 95.0 Å². The number of hydrogen-bond acceptors (Lipinski definition) is 5. The second-order valence-corrected chi connectivity index (χ2v) is 9.99. The summed E-state index contributed by atoms with van der Waals surface area (Å²) in [5, 5.41) is 12.9. The molecule has 1 aliphatic carbocycles. The molecule has 3 amide bonds. The number of urea groups is 1. The maximum absolute atomic E-state index is 14.5. The van der Waals surface area contributed by atoms with Crippen molar-refractivity contribution in [2.75, 3.05) is 26.7 Å². The number of hydrogen-bond donors (Lipinski definition) is 2. The second-order valence-electron chi connectivity index (χ2n) is 9.99. The molecule has 2 N–H and O–H groups in total. The highest BCUT2D eigenvalue weighted by molar-refractivity contribution is 5.98. The molecule has 4 rings (SSSR count). The van der Waals surface area contributed by atoms with E-state index >= 15 is 0 Å². The molecule has 1 fully saturated rings. The Hall–Kier alpha value is -3.20. The van der Waals surface area contributed by atoms with Crippen LogP contribution in [-0.4, -0.2) is 76.8 Å². The Morgan fingerprint density at radius 3 is 2.72 bits per heavy atom. The highest BCUT2D eigenvalue weighted by Crippen LogP contribution is 2.31. The molecule has 3 atom stereocenters. The van der Waals surface area contributed by atoms with Crippen LogP contribution in [0.1, 0.15) is 49.9 Å². The molecule has 9 heteroatoms. The maximum Gasteiger partial charge on any atom is 0.317 e. The molecule has 8 nitrogen and oxygen atoms in total. The third-order valence-corrected chi connectivity index (χ3v) is 7.19. The minimum absolute atomic E-state index is 0.136. The number of carbonyl (C=O) groups is 2. The zero-order chi connectivity index (χ0) is 25.8. The van der Waals surface area contributed by atoms with Gasteiger partial charge in [0.25, 0.3) is 5.91 Å². The third-order valence-electron chi connectivity index (χ3n) is 7.19. The lowest BCUT2D eigenvalue weighted by atomic mass is 9.99. The van der Waals surface area contributed by atoms with E-state index in [1.807, 2.05) is 6.92 Å². The van der Waals surface area contributed by atoms with Crippen molar-refractivity contribution >= 4 is 11.9 Å². The number of aliphatic hydroxyl groups is 1. The normalized spacial score (nSPS) is 21.2. The van der Waals surface area contributed by atoms with Gasteiger partial charge in [0, 0.05) is 42.9 Å². The molecular weight excluding hydrogens is 463 g/mol. The SMILES string of the molecule is C[C@@H]1CN([C@@H](C)CO)C(=O)c2cc(-c3ccccc3F)cnc2O[C@H]1CN(C)C(=O)NC1CCCC1. The summed E-state index contributed by atoms with van der Waals surface area (Å²) >= 11 is 0. The van der Waals surface area contributed by atoms with Crippen molar-refractivity contribution in [3.8, 4) is 17.0 Å². The van der Waals surface area contributed by atoms with Crippen molar-refractivity contribution in [1.82, 2.24) is 20.1 Å². The number of nitrogens with zero attached hydrogens (tertiary/aromatic N) is 3. The lowest BCUT2D eigenvalue weighted by molar-refractivity contribution is 0.0351. The van der Waals surface area contributed by atoms with Crippen LogP contribution in [0.3, 0.4) is 0 Å². The van der Waals surface area contributed by atoms with E-state index in [-0.39, 0.29) is 41.9 Å². The lowest BCUT2D eigenvalue weighted by Gasteiger charge is -2.37. The van der Waals surface area contributed by atoms with E-state index in [1.165, 1.54) is 12.3 Å². The van der Waals surface area contributed by atoms with Crippen LogP contribution in [0.4, 0.5) is 9.18 Å². The summed E-state index contributed by atoms with van der Waals surface area (Å²) in [5.74, 6) is -0.766. The number of rotatable bonds is 6. The fourth-order valence-corrected chi connectivity index (χ4v) is 4.87. The van der Waals surface area contributed by atoms with Crippen LogP contribution in [0.15, 0.2) is 36.5 Å². The number of fused-ring (bicyclic) bond motifs is 1. The Bertz CT molecular complexity index is 1090. The molecule has 0 unspecified atom stereocenters. The zero-order valence-electron chi connectivity index (χ0n) is 21.1. The average molecular weight is 499 g/mol. The molecule has 1 aromatic heterocycles. The van der Waals surface area contributed by atoms with E-state index in [0.29, 0.717) is 24.2 Å². The Morgan fingerprint density at radius 2 is 2.03 bits per heavy atom. The molecule has 1 aromatic carbocycles. The van der Waals surface area contributed by atoms with Gasteiger partial charge in [-0.05, 0) is 31.9 Å². The molecule has 0 bridgehead atoms. The van der Waals surface area contributed by atoms with Gasteiger partial charge < -0.3 is 25.0 Å². The van der Waals surface area contributed by atoms with Crippen molar-refractivity contribution in [2.45, 2.75) is 57.7 Å². The van der Waals surface area contributed by atoms with Gasteiger partial charge in [-0.2, -0.15) is 0 Å². The van der Waals surface area contributed by atoms with Gasteiger partial charge in [-0.15, -0.1) is 0 Å². The maximum atomic E-state index is 14.5. The monoisotopic (exact) mass is 498 g/mol. The smallest absolute Gasteiger partial charge is 0.317 e. The number of halogens is 1. The van der Waals surface area contributed by atoms with Gasteiger partial charge in [0.05, 0.1) is 19.2 Å². The molecule has 0 saturated heterocycles. The Kier molecular flexibility index (Phi) is 8.08. The van der Waals surface area contributed by atoms with Crippen LogP contribution in [0.2, 0.25) is 0 Å². The highest BCUT2D eigenvalue weighted by atomic mass is 19.1. The number of nitrogens with one attached hydrogen (secondary N) is 1. The summed E-state index contributed by atoms with van der Waals surface area (Å²) in [6, 6.07) is 7.50. The molecule has 2 aromatic rings. The van der Waals surface area contributed by atoms with Crippen LogP contribution in [0, 0.1) is 11.7 Å². The highest BCUT2D eigenvalue weighted by Gasteiger charge is 2.35. The molecule has 2 heterocycles. The average Bonchev–Trinajstić information content (AvgIpc) is 3.38. The van der Waals surface area contributed by atoms with Crippen molar-refractivity contribution < 1.29 is 23.8 Å². The van der Waals surface area contributed by atoms with Crippen LogP contribution < -0.4 is 10.1 Å². The summed E-state index contributed by atoms with van der Waals surface area (Å²) in [6.45, 7) is 4.15. The first-order valence-corrected chi connectivity index (χ1v) is 12.6. The van der Waals surface area contributed by atoms with Crippen LogP contribution in [0.25, 0.3) is 11.1 Å². The lowest BCUT2D eigenvalue weighted by Crippen LogP contribution is -2.52. The van der Waals surface area contributed by atoms with Gasteiger partial charge in [0.2, 0.25) is 5.88 Å². The summed E-state index contributed by atoms with van der Waals surface area (Å²) < 4.78 is 20.7. The van der Waals surface area contributed by atoms with E-state index < -0.39 is 18.0 Å². The Labute approximate surface area is 211 Å². The molecule has 0 radical (unpaired) electrons. The van der Waals surface area contributed by atoms with Gasteiger partial charge in [0.15, 0.2) is 0 Å². The van der Waals surface area contributed by atoms with Crippen LogP contribution in [0.5, 0.6) is 5.88 Å². The van der Waals surface area contributed by atoms with Crippen molar-refractivity contribution in [3.05, 3.63) is 47.9 Å². The number of aromatic nitrogens is 1. The molecule has 0 spiro atoms. The van der Waals surface area contributed by atoms with Gasteiger partial charge in [-0.25, -0.2) is 14.2 Å². The van der Waals surface area contributed by atoms with Crippen molar-refractivity contribution in [2.24, 2.45) is 5.92 Å². The minimum atomic E-state index is -0.448. The quantitative estimate of drug-likeness (QED) is 0.634. The van der Waals surface area contributed by atoms with Crippen LogP contribution >= 0.6 is 0 Å². The number of carbonyl (C=O) groups excluding carboxylic acids is 2. The van der Waals surface area contributed by atoms with Gasteiger partial charge in [-0.1, -0.05) is 38.0 Å². The molecule has 1 aliphatic heterocycles. The fraction of sp³-hybridized carbons (Fsp3) is 0.519. The summed E-state index contributed by atoms with van der Waals surface area (Å²) in [4.78, 5) is 34.0. The zero-order valence-corrected chi connectivity index (χ0v) is 21.1. The molecule has 1 saturated carbocycles. The summed E-state index contributed by atoms with van der Waals surface area (Å²) in [5.41, 5.74) is 0.988. The van der Waals surface area contributed by atoms with Gasteiger partial charge >= 0.3 is 6.03 Å². The van der Waals surface area contributed by atoms with E-state index in [4.69, 9.17) is 4.74 Å². The standard InChI is InChI=1S/C27H35FN4O4/c1-17-14-32(18(2)16-33)26(34)22-12-19(21-10-6-7-11-23(21)28)13-29-25(22)36-24(17)15-31(3)27(35)30-20-8-4-5-9-20/h6-7,10-13,17-18,20,24,33H,4-5,8-9,14-16H2,1-3H3,(H,30,35)/t17-,18+,24+/m1/s1. The van der Waals surface area contributed by atoms with Crippen molar-refractivity contribution in [1.29, 1.82) is 0 Å². The Morgan fingerprint density at radius 1 is 1.31 bits per heavy atom. The van der Waals surface area contributed by atoms with Gasteiger partial charge in [-0.3, -0.25) is 4.79 Å². The number of likely N-dealkylation sites (N-methyl/N-ethyl adjacent to an activating group) is 1. The predicted octanol–water partition coefficient (Wildman–Crippen LogP) is 3.69. The molecule has 36 heavy (non-hydrogen) atoms. The predicted molar refractivity (Wildman–Crippen MR) is 134 cm³/mol. The number of aliphatic hydroxyl groups excluding tert-OH is 1. The van der Waals surface area contributed by atoms with E-state index in [0.717, 1.165) is 25.7 Å². The van der Waals surface area contributed by atoms with E-state index in [2.05, 4.69) is 10.3 Å². The second kappa shape index (κ2) is 11.2. The largest absolute Gasteiger partial charge is 0.472 e. The minimum Gasteiger partial charge on any atom is -0.472 e. The first-order chi connectivity index (χ1) is 17.3. The van der Waals surface area contributed by atoms with Crippen LogP contribution in [-0.2, 0) is 0 Å². The summed E-state index contributed by atoms with van der Waals surface area (Å²) in [7, 11) is 1.73. The number of pyridine rings is 1. The van der Waals surface area contributed by atoms with Crippen molar-refractivity contribution in [3.63, 3.8) is 0 Å². The fourth-order valence-electron chi connectivity index (χ4n) is 4.87. The van der Waals surface area contributed by atoms with E-state index in [9.17, 15) is 19.1 Å². The Balaban J connectivity index is 1.63. The molecule has 194 valence electrons.